The summed E-state index contributed by atoms with van der Waals surface area (Å²) in [5, 5.41) is 6.00. The molecule has 0 spiro atoms. The van der Waals surface area contributed by atoms with Gasteiger partial charge in [-0.2, -0.15) is 0 Å². The van der Waals surface area contributed by atoms with Crippen molar-refractivity contribution >= 4 is 22.2 Å². The van der Waals surface area contributed by atoms with Crippen LogP contribution in [0.3, 0.4) is 0 Å². The number of hydrogen-bond acceptors (Lipinski definition) is 6. The molecule has 9 heteroatoms. The first-order valence-electron chi connectivity index (χ1n) is 15.5. The van der Waals surface area contributed by atoms with Crippen LogP contribution in [0.4, 0.5) is 13.9 Å². The molecule has 1 atom stereocenters. The maximum atomic E-state index is 14.7. The largest absolute Gasteiger partial charge is 0.353 e. The van der Waals surface area contributed by atoms with Crippen molar-refractivity contribution in [2.24, 2.45) is 0 Å². The zero-order valence-electron chi connectivity index (χ0n) is 25.1. The first-order valence-corrected chi connectivity index (χ1v) is 16.4. The molecule has 5 heterocycles. The number of thiazole rings is 1. The smallest absolute Gasteiger partial charge is 0.264 e. The summed E-state index contributed by atoms with van der Waals surface area (Å²) in [5.41, 5.74) is 7.95. The summed E-state index contributed by atoms with van der Waals surface area (Å²) in [4.78, 5) is 13.8. The van der Waals surface area contributed by atoms with Gasteiger partial charge in [-0.25, -0.2) is 18.7 Å². The molecule has 1 fully saturated rings. The van der Waals surface area contributed by atoms with Gasteiger partial charge in [0.15, 0.2) is 5.13 Å². The molecule has 228 valence electrons. The molecular formula is C35H38F2N6S. The Morgan fingerprint density at radius 3 is 2.59 bits per heavy atom. The number of alkyl halides is 2. The second-order valence-electron chi connectivity index (χ2n) is 12.1. The molecule has 0 amide bonds. The Labute approximate surface area is 261 Å². The van der Waals surface area contributed by atoms with Crippen molar-refractivity contribution in [3.63, 3.8) is 0 Å². The molecule has 3 aliphatic rings. The van der Waals surface area contributed by atoms with E-state index in [-0.39, 0.29) is 11.6 Å². The molecule has 1 unspecified atom stereocenters. The van der Waals surface area contributed by atoms with Crippen LogP contribution in [0.25, 0.3) is 16.8 Å². The molecule has 6 nitrogen and oxygen atoms in total. The minimum atomic E-state index is -2.61. The molecule has 4 aromatic rings. The van der Waals surface area contributed by atoms with E-state index >= 15 is 0 Å². The molecular weight excluding hydrogens is 574 g/mol. The fourth-order valence-electron chi connectivity index (χ4n) is 7.21. The van der Waals surface area contributed by atoms with Crippen LogP contribution in [-0.4, -0.2) is 44.0 Å². The second-order valence-corrected chi connectivity index (χ2v) is 13.0. The number of anilines is 1. The monoisotopic (exact) mass is 612 g/mol. The average molecular weight is 613 g/mol. The summed E-state index contributed by atoms with van der Waals surface area (Å²) in [7, 11) is 0. The van der Waals surface area contributed by atoms with E-state index < -0.39 is 6.43 Å². The van der Waals surface area contributed by atoms with Crippen molar-refractivity contribution in [1.82, 2.24) is 24.3 Å². The highest BCUT2D eigenvalue weighted by Crippen LogP contribution is 2.46. The van der Waals surface area contributed by atoms with E-state index in [1.807, 2.05) is 17.8 Å². The summed E-state index contributed by atoms with van der Waals surface area (Å²) in [6.45, 7) is 15.7. The highest BCUT2D eigenvalue weighted by atomic mass is 32.1. The number of nitrogens with zero attached hydrogens (tertiary/aromatic N) is 5. The van der Waals surface area contributed by atoms with Gasteiger partial charge in [0.05, 0.1) is 12.0 Å². The van der Waals surface area contributed by atoms with Crippen LogP contribution in [0.5, 0.6) is 0 Å². The Morgan fingerprint density at radius 1 is 1.09 bits per heavy atom. The van der Waals surface area contributed by atoms with Gasteiger partial charge >= 0.3 is 0 Å². The van der Waals surface area contributed by atoms with Crippen LogP contribution >= 0.6 is 11.3 Å². The topological polar surface area (TPSA) is 49.2 Å². The standard InChI is InChI=1S/C35H38F2N6S/c1-4-41-15-11-26(12-16-41)24-7-9-25(10-8-24)27-18-28-23(3)43(20-30(28)29(19-27)34(36)37)33(22(2)40-35-38-13-17-44-35)32-31-6-5-14-42(31)21-39-32/h7-10,13,17-19,21,26,33-34H,2-6,11-12,14-16,20H2,1H3,(H,38,40). The molecule has 0 bridgehead atoms. The average Bonchev–Trinajstić information content (AvgIpc) is 3.85. The van der Waals surface area contributed by atoms with Crippen molar-refractivity contribution in [2.75, 3.05) is 25.0 Å². The van der Waals surface area contributed by atoms with E-state index in [1.165, 1.54) is 16.9 Å². The number of likely N-dealkylation sites (tertiary alicyclic amines) is 1. The Hall–Kier alpha value is -3.82. The first kappa shape index (κ1) is 28.9. The number of aromatic nitrogens is 3. The van der Waals surface area contributed by atoms with E-state index in [4.69, 9.17) is 4.98 Å². The molecule has 3 aliphatic heterocycles. The highest BCUT2D eigenvalue weighted by Gasteiger charge is 2.37. The van der Waals surface area contributed by atoms with Gasteiger partial charge in [-0.3, -0.25) is 0 Å². The Bertz CT molecular complexity index is 1670. The van der Waals surface area contributed by atoms with E-state index in [0.29, 0.717) is 29.4 Å². The van der Waals surface area contributed by atoms with Crippen LogP contribution in [0.1, 0.15) is 78.2 Å². The SMILES string of the molecule is C=C(Nc1nccs1)C(c1ncn2c1CCC2)N1Cc2c(cc(-c3ccc(C4CCN(CC)CC4)cc3)cc2C(F)F)C1=C. The Morgan fingerprint density at radius 2 is 1.89 bits per heavy atom. The van der Waals surface area contributed by atoms with E-state index in [2.05, 4.69) is 69.0 Å². The zero-order valence-corrected chi connectivity index (χ0v) is 25.9. The van der Waals surface area contributed by atoms with E-state index in [0.717, 1.165) is 85.1 Å². The summed E-state index contributed by atoms with van der Waals surface area (Å²) in [5.74, 6) is 0.546. The molecule has 1 saturated heterocycles. The molecule has 0 radical (unpaired) electrons. The lowest BCUT2D eigenvalue weighted by atomic mass is 9.88. The van der Waals surface area contributed by atoms with Gasteiger partial charge in [-0.05, 0) is 85.6 Å². The normalized spacial score (nSPS) is 17.7. The summed E-state index contributed by atoms with van der Waals surface area (Å²) >= 11 is 1.49. The molecule has 7 rings (SSSR count). The number of rotatable bonds is 9. The van der Waals surface area contributed by atoms with Crippen LogP contribution in [0.2, 0.25) is 0 Å². The molecule has 2 aromatic heterocycles. The maximum absolute atomic E-state index is 14.7. The molecule has 0 saturated carbocycles. The van der Waals surface area contributed by atoms with E-state index in [1.54, 1.807) is 12.3 Å². The molecule has 2 aromatic carbocycles. The summed E-state index contributed by atoms with van der Waals surface area (Å²) in [6, 6.07) is 11.9. The first-order chi connectivity index (χ1) is 21.4. The maximum Gasteiger partial charge on any atom is 0.264 e. The van der Waals surface area contributed by atoms with E-state index in [9.17, 15) is 8.78 Å². The van der Waals surface area contributed by atoms with Crippen LogP contribution < -0.4 is 5.32 Å². The molecule has 1 N–H and O–H groups in total. The number of aryl methyl sites for hydroxylation is 1. The Kier molecular flexibility index (Phi) is 7.84. The number of halogens is 2. The number of fused-ring (bicyclic) bond motifs is 2. The predicted molar refractivity (Wildman–Crippen MR) is 174 cm³/mol. The van der Waals surface area contributed by atoms with Crippen molar-refractivity contribution in [3.8, 4) is 11.1 Å². The lowest BCUT2D eigenvalue weighted by Gasteiger charge is -2.32. The molecule has 0 aliphatic carbocycles. The van der Waals surface area contributed by atoms with Gasteiger partial charge in [0.25, 0.3) is 6.43 Å². The fourth-order valence-corrected chi connectivity index (χ4v) is 7.77. The number of nitrogens with one attached hydrogen (secondary N) is 1. The summed E-state index contributed by atoms with van der Waals surface area (Å²) < 4.78 is 31.6. The second kappa shape index (κ2) is 11.9. The Balaban J connectivity index is 1.21. The number of piperidine rings is 1. The van der Waals surface area contributed by atoms with Gasteiger partial charge in [0.2, 0.25) is 0 Å². The highest BCUT2D eigenvalue weighted by molar-refractivity contribution is 7.13. The zero-order chi connectivity index (χ0) is 30.4. The number of hydrogen-bond donors (Lipinski definition) is 1. The quantitative estimate of drug-likeness (QED) is 0.206. The minimum absolute atomic E-state index is 0.0597. The predicted octanol–water partition coefficient (Wildman–Crippen LogP) is 8.24. The van der Waals surface area contributed by atoms with Crippen molar-refractivity contribution in [1.29, 1.82) is 0 Å². The van der Waals surface area contributed by atoms with Gasteiger partial charge in [-0.15, -0.1) is 11.3 Å². The molecule has 44 heavy (non-hydrogen) atoms. The van der Waals surface area contributed by atoms with Crippen molar-refractivity contribution < 1.29 is 8.78 Å². The number of benzene rings is 2. The number of imidazole rings is 1. The third-order valence-electron chi connectivity index (χ3n) is 9.65. The summed E-state index contributed by atoms with van der Waals surface area (Å²) in [6.07, 6.45) is 5.30. The third-order valence-corrected chi connectivity index (χ3v) is 10.3. The minimum Gasteiger partial charge on any atom is -0.353 e. The van der Waals surface area contributed by atoms with Crippen molar-refractivity contribution in [2.45, 2.75) is 64.1 Å². The third kappa shape index (κ3) is 5.26. The van der Waals surface area contributed by atoms with Crippen LogP contribution in [0.15, 0.2) is 73.2 Å². The van der Waals surface area contributed by atoms with Crippen LogP contribution in [-0.2, 0) is 19.5 Å². The lowest BCUT2D eigenvalue weighted by Crippen LogP contribution is -2.32. The fraction of sp³-hybridized carbons (Fsp3) is 0.371. The van der Waals surface area contributed by atoms with Gasteiger partial charge < -0.3 is 19.7 Å². The van der Waals surface area contributed by atoms with Gasteiger partial charge in [0, 0.05) is 52.9 Å². The van der Waals surface area contributed by atoms with Crippen LogP contribution in [0, 0.1) is 0 Å². The van der Waals surface area contributed by atoms with Gasteiger partial charge in [0.1, 0.15) is 6.04 Å². The lowest BCUT2D eigenvalue weighted by molar-refractivity contribution is 0.149. The van der Waals surface area contributed by atoms with Crippen molar-refractivity contribution in [3.05, 3.63) is 107 Å². The van der Waals surface area contributed by atoms with Gasteiger partial charge in [-0.1, -0.05) is 44.3 Å².